The van der Waals surface area contributed by atoms with Crippen molar-refractivity contribution in [3.05, 3.63) is 35.4 Å². The van der Waals surface area contributed by atoms with Crippen molar-refractivity contribution in [2.24, 2.45) is 0 Å². The van der Waals surface area contributed by atoms with Gasteiger partial charge in [0.1, 0.15) is 0 Å². The molecule has 0 heterocycles. The van der Waals surface area contributed by atoms with Gasteiger partial charge in [-0.1, -0.05) is 29.8 Å². The molecule has 0 atom stereocenters. The quantitative estimate of drug-likeness (QED) is 0.817. The predicted molar refractivity (Wildman–Crippen MR) is 69.1 cm³/mol. The smallest absolute Gasteiger partial charge is 0.233 e. The van der Waals surface area contributed by atoms with Gasteiger partial charge >= 0.3 is 0 Å². The van der Waals surface area contributed by atoms with Gasteiger partial charge in [-0.15, -0.1) is 12.4 Å². The zero-order valence-electron chi connectivity index (χ0n) is 9.75. The van der Waals surface area contributed by atoms with Gasteiger partial charge in [0.05, 0.1) is 6.54 Å². The van der Waals surface area contributed by atoms with Crippen LogP contribution in [0.3, 0.4) is 0 Å². The van der Waals surface area contributed by atoms with Gasteiger partial charge in [-0.25, -0.2) is 0 Å². The first-order valence-electron chi connectivity index (χ1n) is 5.19. The number of nitrogens with one attached hydrogen (secondary N) is 2. The molecular weight excluding hydrogens is 224 g/mol. The zero-order chi connectivity index (χ0) is 11.1. The van der Waals surface area contributed by atoms with E-state index in [1.807, 2.05) is 0 Å². The Labute approximate surface area is 103 Å². The molecule has 1 rings (SSSR count). The Morgan fingerprint density at radius 2 is 1.88 bits per heavy atom. The highest BCUT2D eigenvalue weighted by Crippen LogP contribution is 2.02. The molecule has 3 nitrogen and oxygen atoms in total. The second-order valence-electron chi connectivity index (χ2n) is 3.62. The summed E-state index contributed by atoms with van der Waals surface area (Å²) < 4.78 is 0. The van der Waals surface area contributed by atoms with E-state index >= 15 is 0 Å². The van der Waals surface area contributed by atoms with Crippen molar-refractivity contribution < 1.29 is 4.79 Å². The van der Waals surface area contributed by atoms with Crippen LogP contribution in [0.4, 0.5) is 0 Å². The molecule has 16 heavy (non-hydrogen) atoms. The maximum Gasteiger partial charge on any atom is 0.233 e. The second-order valence-corrected chi connectivity index (χ2v) is 3.62. The molecule has 90 valence electrons. The third-order valence-electron chi connectivity index (χ3n) is 2.19. The Morgan fingerprint density at radius 1 is 1.25 bits per heavy atom. The third-order valence-corrected chi connectivity index (χ3v) is 2.19. The first-order valence-corrected chi connectivity index (χ1v) is 5.19. The summed E-state index contributed by atoms with van der Waals surface area (Å²) in [7, 11) is 1.76. The van der Waals surface area contributed by atoms with Gasteiger partial charge in [-0.3, -0.25) is 4.79 Å². The SMILES string of the molecule is CNCC(=O)NCCc1ccc(C)cc1.Cl. The molecule has 0 aliphatic carbocycles. The number of aryl methyl sites for hydroxylation is 1. The lowest BCUT2D eigenvalue weighted by molar-refractivity contribution is -0.120. The predicted octanol–water partition coefficient (Wildman–Crippen LogP) is 1.29. The molecule has 0 saturated heterocycles. The Morgan fingerprint density at radius 3 is 2.44 bits per heavy atom. The van der Waals surface area contributed by atoms with Gasteiger partial charge in [0, 0.05) is 6.54 Å². The van der Waals surface area contributed by atoms with Crippen LogP contribution in [0.2, 0.25) is 0 Å². The Kier molecular flexibility index (Phi) is 7.60. The molecule has 4 heteroatoms. The van der Waals surface area contributed by atoms with Gasteiger partial charge in [0.15, 0.2) is 0 Å². The minimum Gasteiger partial charge on any atom is -0.355 e. The highest BCUT2D eigenvalue weighted by molar-refractivity contribution is 5.85. The highest BCUT2D eigenvalue weighted by Gasteiger charge is 1.98. The summed E-state index contributed by atoms with van der Waals surface area (Å²) in [5, 5.41) is 5.66. The van der Waals surface area contributed by atoms with Gasteiger partial charge in [0.2, 0.25) is 5.91 Å². The number of carbonyl (C=O) groups excluding carboxylic acids is 1. The summed E-state index contributed by atoms with van der Waals surface area (Å²) in [5.74, 6) is 0.0459. The maximum absolute atomic E-state index is 11.1. The zero-order valence-corrected chi connectivity index (χ0v) is 10.6. The van der Waals surface area contributed by atoms with E-state index in [2.05, 4.69) is 41.8 Å². The molecule has 0 unspecified atom stereocenters. The average molecular weight is 243 g/mol. The van der Waals surface area contributed by atoms with Gasteiger partial charge in [-0.2, -0.15) is 0 Å². The lowest BCUT2D eigenvalue weighted by Crippen LogP contribution is -2.33. The van der Waals surface area contributed by atoms with E-state index in [0.29, 0.717) is 13.1 Å². The molecule has 0 fully saturated rings. The van der Waals surface area contributed by atoms with Gasteiger partial charge in [-0.05, 0) is 26.0 Å². The minimum atomic E-state index is 0. The minimum absolute atomic E-state index is 0. The van der Waals surface area contributed by atoms with Crippen LogP contribution in [0.5, 0.6) is 0 Å². The molecule has 0 saturated carbocycles. The number of rotatable bonds is 5. The number of hydrogen-bond donors (Lipinski definition) is 2. The van der Waals surface area contributed by atoms with Crippen molar-refractivity contribution in [1.29, 1.82) is 0 Å². The van der Waals surface area contributed by atoms with E-state index in [4.69, 9.17) is 0 Å². The molecule has 0 bridgehead atoms. The van der Waals surface area contributed by atoms with Crippen LogP contribution in [-0.2, 0) is 11.2 Å². The van der Waals surface area contributed by atoms with Crippen molar-refractivity contribution in [3.8, 4) is 0 Å². The van der Waals surface area contributed by atoms with Crippen molar-refractivity contribution in [1.82, 2.24) is 10.6 Å². The Bertz CT molecular complexity index is 311. The fraction of sp³-hybridized carbons (Fsp3) is 0.417. The van der Waals surface area contributed by atoms with Crippen LogP contribution in [-0.4, -0.2) is 26.0 Å². The normalized spacial score (nSPS) is 9.38. The third kappa shape index (κ3) is 5.73. The van der Waals surface area contributed by atoms with Crippen LogP contribution < -0.4 is 10.6 Å². The summed E-state index contributed by atoms with van der Waals surface area (Å²) in [6, 6.07) is 8.37. The summed E-state index contributed by atoms with van der Waals surface area (Å²) in [6.45, 7) is 3.15. The topological polar surface area (TPSA) is 41.1 Å². The van der Waals surface area contributed by atoms with Crippen LogP contribution in [0.25, 0.3) is 0 Å². The van der Waals surface area contributed by atoms with E-state index in [-0.39, 0.29) is 18.3 Å². The molecule has 0 aromatic heterocycles. The number of benzene rings is 1. The number of halogens is 1. The van der Waals surface area contributed by atoms with Crippen LogP contribution in [0.15, 0.2) is 24.3 Å². The van der Waals surface area contributed by atoms with Crippen molar-refractivity contribution in [2.75, 3.05) is 20.1 Å². The van der Waals surface area contributed by atoms with Crippen LogP contribution >= 0.6 is 12.4 Å². The molecule has 0 spiro atoms. The van der Waals surface area contributed by atoms with E-state index in [1.54, 1.807) is 7.05 Å². The van der Waals surface area contributed by atoms with Crippen molar-refractivity contribution >= 4 is 18.3 Å². The fourth-order valence-electron chi connectivity index (χ4n) is 1.32. The van der Waals surface area contributed by atoms with E-state index in [9.17, 15) is 4.79 Å². The average Bonchev–Trinajstić information content (AvgIpc) is 2.21. The molecule has 0 radical (unpaired) electrons. The molecule has 2 N–H and O–H groups in total. The first-order chi connectivity index (χ1) is 7.22. The lowest BCUT2D eigenvalue weighted by atomic mass is 10.1. The summed E-state index contributed by atoms with van der Waals surface area (Å²) >= 11 is 0. The molecule has 0 aliphatic heterocycles. The van der Waals surface area contributed by atoms with Crippen molar-refractivity contribution in [3.63, 3.8) is 0 Å². The van der Waals surface area contributed by atoms with Crippen molar-refractivity contribution in [2.45, 2.75) is 13.3 Å². The standard InChI is InChI=1S/C12H18N2O.ClH/c1-10-3-5-11(6-4-10)7-8-14-12(15)9-13-2;/h3-6,13H,7-9H2,1-2H3,(H,14,15);1H. The molecule has 1 amide bonds. The molecular formula is C12H19ClN2O. The van der Waals surface area contributed by atoms with E-state index in [1.165, 1.54) is 11.1 Å². The molecule has 1 aromatic rings. The molecule has 0 aliphatic rings. The first kappa shape index (κ1) is 14.9. The lowest BCUT2D eigenvalue weighted by Gasteiger charge is -2.05. The summed E-state index contributed by atoms with van der Waals surface area (Å²) in [4.78, 5) is 11.1. The number of likely N-dealkylation sites (N-methyl/N-ethyl adjacent to an activating group) is 1. The largest absolute Gasteiger partial charge is 0.355 e. The Balaban J connectivity index is 0.00000225. The van der Waals surface area contributed by atoms with Gasteiger partial charge < -0.3 is 10.6 Å². The van der Waals surface area contributed by atoms with Crippen LogP contribution in [0, 0.1) is 6.92 Å². The summed E-state index contributed by atoms with van der Waals surface area (Å²) in [5.41, 5.74) is 2.52. The number of amides is 1. The monoisotopic (exact) mass is 242 g/mol. The number of hydrogen-bond acceptors (Lipinski definition) is 2. The maximum atomic E-state index is 11.1. The van der Waals surface area contributed by atoms with E-state index < -0.39 is 0 Å². The highest BCUT2D eigenvalue weighted by atomic mass is 35.5. The second kappa shape index (κ2) is 8.13. The van der Waals surface area contributed by atoms with Gasteiger partial charge in [0.25, 0.3) is 0 Å². The Hall–Kier alpha value is -1.06. The van der Waals surface area contributed by atoms with Crippen LogP contribution in [0.1, 0.15) is 11.1 Å². The number of carbonyl (C=O) groups is 1. The summed E-state index contributed by atoms with van der Waals surface area (Å²) in [6.07, 6.45) is 0.885. The fourth-order valence-corrected chi connectivity index (χ4v) is 1.32. The molecule has 1 aromatic carbocycles. The van der Waals surface area contributed by atoms with E-state index in [0.717, 1.165) is 6.42 Å².